The number of rotatable bonds is 5. The first-order chi connectivity index (χ1) is 7.15. The topological polar surface area (TPSA) is 41.1 Å². The van der Waals surface area contributed by atoms with Crippen LogP contribution in [0.2, 0.25) is 0 Å². The minimum atomic E-state index is 0.148. The molecule has 1 aliphatic rings. The predicted molar refractivity (Wildman–Crippen MR) is 62.7 cm³/mol. The van der Waals surface area contributed by atoms with Gasteiger partial charge in [-0.2, -0.15) is 0 Å². The first-order valence-corrected chi connectivity index (χ1v) is 6.15. The van der Waals surface area contributed by atoms with Crippen LogP contribution in [-0.2, 0) is 4.79 Å². The fraction of sp³-hybridized carbons (Fsp3) is 0.917. The van der Waals surface area contributed by atoms with E-state index >= 15 is 0 Å². The van der Waals surface area contributed by atoms with Gasteiger partial charge in [-0.3, -0.25) is 4.79 Å². The number of hydrogen-bond acceptors (Lipinski definition) is 2. The fourth-order valence-electron chi connectivity index (χ4n) is 2.20. The van der Waals surface area contributed by atoms with Crippen LogP contribution >= 0.6 is 0 Å². The van der Waals surface area contributed by atoms with Gasteiger partial charge in [0.2, 0.25) is 5.91 Å². The molecule has 3 heteroatoms. The normalized spacial score (nSPS) is 30.5. The molecule has 0 aliphatic heterocycles. The highest BCUT2D eigenvalue weighted by atomic mass is 16.1. The summed E-state index contributed by atoms with van der Waals surface area (Å²) in [5.41, 5.74) is 0. The van der Waals surface area contributed by atoms with Crippen LogP contribution in [0.5, 0.6) is 0 Å². The molecule has 0 spiro atoms. The SMILES string of the molecule is CCCNCC(=O)NC1CCC(C)C1C. The fourth-order valence-corrected chi connectivity index (χ4v) is 2.20. The molecular weight excluding hydrogens is 188 g/mol. The molecule has 0 saturated heterocycles. The second-order valence-corrected chi connectivity index (χ2v) is 4.76. The van der Waals surface area contributed by atoms with E-state index in [4.69, 9.17) is 0 Å². The standard InChI is InChI=1S/C12H24N2O/c1-4-7-13-8-12(15)14-11-6-5-9(2)10(11)3/h9-11,13H,4-8H2,1-3H3,(H,14,15). The first-order valence-electron chi connectivity index (χ1n) is 6.15. The van der Waals surface area contributed by atoms with E-state index in [0.717, 1.165) is 25.3 Å². The number of nitrogens with one attached hydrogen (secondary N) is 2. The summed E-state index contributed by atoms with van der Waals surface area (Å²) in [5, 5.41) is 6.24. The van der Waals surface area contributed by atoms with Gasteiger partial charge in [-0.1, -0.05) is 20.8 Å². The van der Waals surface area contributed by atoms with Crippen LogP contribution in [0.3, 0.4) is 0 Å². The zero-order chi connectivity index (χ0) is 11.3. The van der Waals surface area contributed by atoms with Crippen molar-refractivity contribution in [1.29, 1.82) is 0 Å². The number of hydrogen-bond donors (Lipinski definition) is 2. The second-order valence-electron chi connectivity index (χ2n) is 4.76. The number of carbonyl (C=O) groups excluding carboxylic acids is 1. The van der Waals surface area contributed by atoms with Gasteiger partial charge in [0.05, 0.1) is 6.54 Å². The minimum Gasteiger partial charge on any atom is -0.352 e. The summed E-state index contributed by atoms with van der Waals surface area (Å²) in [4.78, 5) is 11.6. The molecule has 0 bridgehead atoms. The third-order valence-electron chi connectivity index (χ3n) is 3.52. The Hall–Kier alpha value is -0.570. The molecule has 3 atom stereocenters. The first kappa shape index (κ1) is 12.5. The Morgan fingerprint density at radius 3 is 2.60 bits per heavy atom. The van der Waals surface area contributed by atoms with E-state index in [9.17, 15) is 4.79 Å². The Kier molecular flexibility index (Phi) is 5.09. The van der Waals surface area contributed by atoms with Gasteiger partial charge in [0, 0.05) is 6.04 Å². The van der Waals surface area contributed by atoms with Crippen molar-refractivity contribution < 1.29 is 4.79 Å². The molecule has 0 heterocycles. The van der Waals surface area contributed by atoms with Crippen LogP contribution in [0.1, 0.15) is 40.0 Å². The Labute approximate surface area is 93.0 Å². The molecule has 3 nitrogen and oxygen atoms in total. The third kappa shape index (κ3) is 3.82. The van der Waals surface area contributed by atoms with Crippen molar-refractivity contribution in [2.45, 2.75) is 46.1 Å². The van der Waals surface area contributed by atoms with Gasteiger partial charge < -0.3 is 10.6 Å². The van der Waals surface area contributed by atoms with E-state index in [-0.39, 0.29) is 5.91 Å². The zero-order valence-corrected chi connectivity index (χ0v) is 10.2. The Morgan fingerprint density at radius 1 is 1.33 bits per heavy atom. The van der Waals surface area contributed by atoms with Gasteiger partial charge in [-0.05, 0) is 37.6 Å². The van der Waals surface area contributed by atoms with Crippen LogP contribution in [0.4, 0.5) is 0 Å². The Balaban J connectivity index is 2.20. The van der Waals surface area contributed by atoms with E-state index in [2.05, 4.69) is 31.4 Å². The molecule has 3 unspecified atom stereocenters. The number of carbonyl (C=O) groups is 1. The smallest absolute Gasteiger partial charge is 0.234 e. The summed E-state index contributed by atoms with van der Waals surface area (Å²) in [6.45, 7) is 8.00. The van der Waals surface area contributed by atoms with Crippen LogP contribution < -0.4 is 10.6 Å². The molecule has 1 saturated carbocycles. The maximum atomic E-state index is 11.6. The maximum Gasteiger partial charge on any atom is 0.234 e. The molecule has 15 heavy (non-hydrogen) atoms. The lowest BCUT2D eigenvalue weighted by atomic mass is 9.98. The van der Waals surface area contributed by atoms with Crippen molar-refractivity contribution in [2.24, 2.45) is 11.8 Å². The molecule has 1 fully saturated rings. The lowest BCUT2D eigenvalue weighted by Crippen LogP contribution is -2.42. The largest absolute Gasteiger partial charge is 0.352 e. The van der Waals surface area contributed by atoms with Crippen molar-refractivity contribution in [3.8, 4) is 0 Å². The monoisotopic (exact) mass is 212 g/mol. The molecule has 1 rings (SSSR count). The van der Waals surface area contributed by atoms with Gasteiger partial charge in [0.1, 0.15) is 0 Å². The summed E-state index contributed by atoms with van der Waals surface area (Å²) in [6.07, 6.45) is 3.46. The van der Waals surface area contributed by atoms with E-state index in [0.29, 0.717) is 18.5 Å². The van der Waals surface area contributed by atoms with E-state index in [1.807, 2.05) is 0 Å². The molecule has 1 aliphatic carbocycles. The van der Waals surface area contributed by atoms with E-state index in [1.165, 1.54) is 6.42 Å². The summed E-state index contributed by atoms with van der Waals surface area (Å²) in [5.74, 6) is 1.52. The molecular formula is C12H24N2O. The Morgan fingerprint density at radius 2 is 2.07 bits per heavy atom. The summed E-state index contributed by atoms with van der Waals surface area (Å²) >= 11 is 0. The van der Waals surface area contributed by atoms with Gasteiger partial charge in [0.25, 0.3) is 0 Å². The summed E-state index contributed by atoms with van der Waals surface area (Å²) in [6, 6.07) is 0.399. The average Bonchev–Trinajstić information content (AvgIpc) is 2.50. The molecule has 2 N–H and O–H groups in total. The van der Waals surface area contributed by atoms with Crippen molar-refractivity contribution >= 4 is 5.91 Å². The lowest BCUT2D eigenvalue weighted by Gasteiger charge is -2.19. The molecule has 0 radical (unpaired) electrons. The van der Waals surface area contributed by atoms with Crippen LogP contribution in [0.15, 0.2) is 0 Å². The highest BCUT2D eigenvalue weighted by Gasteiger charge is 2.30. The minimum absolute atomic E-state index is 0.148. The van der Waals surface area contributed by atoms with Crippen LogP contribution in [-0.4, -0.2) is 25.0 Å². The third-order valence-corrected chi connectivity index (χ3v) is 3.52. The number of amides is 1. The molecule has 1 amide bonds. The second kappa shape index (κ2) is 6.11. The maximum absolute atomic E-state index is 11.6. The van der Waals surface area contributed by atoms with Crippen molar-refractivity contribution in [3.05, 3.63) is 0 Å². The van der Waals surface area contributed by atoms with Crippen molar-refractivity contribution in [1.82, 2.24) is 10.6 Å². The Bertz CT molecular complexity index is 206. The predicted octanol–water partition coefficient (Wildman–Crippen LogP) is 1.54. The molecule has 0 aromatic rings. The highest BCUT2D eigenvalue weighted by Crippen LogP contribution is 2.30. The molecule has 0 aromatic carbocycles. The molecule has 88 valence electrons. The summed E-state index contributed by atoms with van der Waals surface area (Å²) < 4.78 is 0. The van der Waals surface area contributed by atoms with Gasteiger partial charge in [-0.25, -0.2) is 0 Å². The highest BCUT2D eigenvalue weighted by molar-refractivity contribution is 5.78. The van der Waals surface area contributed by atoms with Gasteiger partial charge >= 0.3 is 0 Å². The van der Waals surface area contributed by atoms with E-state index in [1.54, 1.807) is 0 Å². The summed E-state index contributed by atoms with van der Waals surface area (Å²) in [7, 11) is 0. The van der Waals surface area contributed by atoms with Gasteiger partial charge in [0.15, 0.2) is 0 Å². The quantitative estimate of drug-likeness (QED) is 0.679. The van der Waals surface area contributed by atoms with Crippen LogP contribution in [0.25, 0.3) is 0 Å². The molecule has 0 aromatic heterocycles. The van der Waals surface area contributed by atoms with Crippen molar-refractivity contribution in [2.75, 3.05) is 13.1 Å². The van der Waals surface area contributed by atoms with E-state index < -0.39 is 0 Å². The lowest BCUT2D eigenvalue weighted by molar-refractivity contribution is -0.121. The van der Waals surface area contributed by atoms with Crippen LogP contribution in [0, 0.1) is 11.8 Å². The zero-order valence-electron chi connectivity index (χ0n) is 10.2. The van der Waals surface area contributed by atoms with Gasteiger partial charge in [-0.15, -0.1) is 0 Å². The van der Waals surface area contributed by atoms with Crippen molar-refractivity contribution in [3.63, 3.8) is 0 Å². The average molecular weight is 212 g/mol.